The molecule has 1 aromatic heterocycles. The molecular weight excluding hydrogens is 453 g/mol. The Hall–Kier alpha value is -1.68. The number of halogens is 1. The number of guanidine groups is 1. The second kappa shape index (κ2) is 11.9. The van der Waals surface area contributed by atoms with Crippen LogP contribution in [-0.4, -0.2) is 63.8 Å². The van der Waals surface area contributed by atoms with E-state index in [-0.39, 0.29) is 24.0 Å². The third kappa shape index (κ3) is 7.45. The predicted octanol–water partition coefficient (Wildman–Crippen LogP) is 2.35. The average Bonchev–Trinajstić information content (AvgIpc) is 3.03. The Morgan fingerprint density at radius 2 is 1.93 bits per heavy atom. The Bertz CT molecular complexity index is 686. The second-order valence-electron chi connectivity index (χ2n) is 6.60. The summed E-state index contributed by atoms with van der Waals surface area (Å²) in [4.78, 5) is 13.5. The van der Waals surface area contributed by atoms with E-state index in [4.69, 9.17) is 4.99 Å². The van der Waals surface area contributed by atoms with Gasteiger partial charge in [0.2, 0.25) is 0 Å². The van der Waals surface area contributed by atoms with Crippen LogP contribution in [0.1, 0.15) is 25.2 Å². The lowest BCUT2D eigenvalue weighted by Crippen LogP contribution is -2.40. The Kier molecular flexibility index (Phi) is 10.3. The van der Waals surface area contributed by atoms with Crippen molar-refractivity contribution in [2.24, 2.45) is 12.0 Å². The SMILES string of the molecule is CCNC(=NCC(C)N(C)Cc1ccccc1)N(C)Cc1ncnn1C.I. The number of nitrogens with one attached hydrogen (secondary N) is 1. The van der Waals surface area contributed by atoms with Crippen molar-refractivity contribution in [1.29, 1.82) is 0 Å². The number of likely N-dealkylation sites (N-methyl/N-ethyl adjacent to an activating group) is 1. The molecule has 7 nitrogen and oxygen atoms in total. The van der Waals surface area contributed by atoms with Gasteiger partial charge in [-0.1, -0.05) is 30.3 Å². The smallest absolute Gasteiger partial charge is 0.194 e. The number of aliphatic imine (C=N–C) groups is 1. The molecule has 1 unspecified atom stereocenters. The highest BCUT2D eigenvalue weighted by Crippen LogP contribution is 2.07. The van der Waals surface area contributed by atoms with Crippen LogP contribution in [0.15, 0.2) is 41.7 Å². The fraction of sp³-hybridized carbons (Fsp3) is 0.526. The first kappa shape index (κ1) is 23.4. The molecule has 0 radical (unpaired) electrons. The molecule has 0 saturated heterocycles. The van der Waals surface area contributed by atoms with Gasteiger partial charge in [-0.3, -0.25) is 14.6 Å². The van der Waals surface area contributed by atoms with E-state index in [0.29, 0.717) is 12.6 Å². The van der Waals surface area contributed by atoms with E-state index in [1.54, 1.807) is 11.0 Å². The van der Waals surface area contributed by atoms with Crippen LogP contribution in [0.2, 0.25) is 0 Å². The fourth-order valence-electron chi connectivity index (χ4n) is 2.61. The van der Waals surface area contributed by atoms with E-state index in [1.165, 1.54) is 5.56 Å². The van der Waals surface area contributed by atoms with E-state index < -0.39 is 0 Å². The minimum absolute atomic E-state index is 0. The molecule has 8 heteroatoms. The fourth-order valence-corrected chi connectivity index (χ4v) is 2.61. The topological polar surface area (TPSA) is 61.6 Å². The number of aromatic nitrogens is 3. The van der Waals surface area contributed by atoms with Crippen molar-refractivity contribution >= 4 is 29.9 Å². The molecule has 1 aromatic carbocycles. The minimum Gasteiger partial charge on any atom is -0.357 e. The molecule has 1 atom stereocenters. The quantitative estimate of drug-likeness (QED) is 0.354. The van der Waals surface area contributed by atoms with E-state index in [0.717, 1.165) is 31.4 Å². The Labute approximate surface area is 179 Å². The van der Waals surface area contributed by atoms with Crippen LogP contribution in [0.4, 0.5) is 0 Å². The van der Waals surface area contributed by atoms with Crippen molar-refractivity contribution in [1.82, 2.24) is 29.9 Å². The molecule has 0 fully saturated rings. The number of aryl methyl sites for hydroxylation is 1. The second-order valence-corrected chi connectivity index (χ2v) is 6.60. The first-order chi connectivity index (χ1) is 12.5. The first-order valence-corrected chi connectivity index (χ1v) is 9.07. The van der Waals surface area contributed by atoms with Crippen molar-refractivity contribution in [3.05, 3.63) is 48.0 Å². The van der Waals surface area contributed by atoms with E-state index in [2.05, 4.69) is 70.4 Å². The summed E-state index contributed by atoms with van der Waals surface area (Å²) in [6.45, 7) is 7.43. The molecule has 1 N–H and O–H groups in total. The molecule has 0 aliphatic carbocycles. The molecule has 150 valence electrons. The summed E-state index contributed by atoms with van der Waals surface area (Å²) in [5.74, 6) is 1.79. The average molecular weight is 485 g/mol. The summed E-state index contributed by atoms with van der Waals surface area (Å²) in [7, 11) is 6.07. The summed E-state index contributed by atoms with van der Waals surface area (Å²) in [5, 5.41) is 7.48. The minimum atomic E-state index is 0. The molecule has 0 saturated carbocycles. The molecule has 1 heterocycles. The van der Waals surface area contributed by atoms with Gasteiger partial charge in [0, 0.05) is 33.2 Å². The van der Waals surface area contributed by atoms with E-state index in [9.17, 15) is 0 Å². The molecule has 2 aromatic rings. The zero-order chi connectivity index (χ0) is 18.9. The number of benzene rings is 1. The van der Waals surface area contributed by atoms with Gasteiger partial charge in [-0.05, 0) is 26.5 Å². The van der Waals surface area contributed by atoms with Crippen LogP contribution in [-0.2, 0) is 20.1 Å². The highest BCUT2D eigenvalue weighted by molar-refractivity contribution is 14.0. The van der Waals surface area contributed by atoms with Crippen LogP contribution in [0.3, 0.4) is 0 Å². The molecule has 0 amide bonds. The molecular formula is C19H32IN7. The maximum atomic E-state index is 4.82. The van der Waals surface area contributed by atoms with Gasteiger partial charge < -0.3 is 10.2 Å². The number of hydrogen-bond donors (Lipinski definition) is 1. The van der Waals surface area contributed by atoms with Gasteiger partial charge in [0.15, 0.2) is 5.96 Å². The van der Waals surface area contributed by atoms with Gasteiger partial charge in [0.05, 0.1) is 13.1 Å². The Morgan fingerprint density at radius 3 is 2.52 bits per heavy atom. The van der Waals surface area contributed by atoms with Gasteiger partial charge in [-0.15, -0.1) is 24.0 Å². The molecule has 0 aliphatic rings. The van der Waals surface area contributed by atoms with Crippen molar-refractivity contribution in [2.45, 2.75) is 33.0 Å². The number of nitrogens with zero attached hydrogens (tertiary/aromatic N) is 6. The Balaban J connectivity index is 0.00000364. The molecule has 2 rings (SSSR count). The summed E-state index contributed by atoms with van der Waals surface area (Å²) in [6.07, 6.45) is 1.58. The predicted molar refractivity (Wildman–Crippen MR) is 121 cm³/mol. The third-order valence-corrected chi connectivity index (χ3v) is 4.41. The normalized spacial score (nSPS) is 12.6. The van der Waals surface area contributed by atoms with Crippen LogP contribution in [0.5, 0.6) is 0 Å². The molecule has 0 bridgehead atoms. The third-order valence-electron chi connectivity index (χ3n) is 4.41. The van der Waals surface area contributed by atoms with E-state index in [1.807, 2.05) is 20.2 Å². The lowest BCUT2D eigenvalue weighted by atomic mass is 10.2. The summed E-state index contributed by atoms with van der Waals surface area (Å²) < 4.78 is 1.79. The Morgan fingerprint density at radius 1 is 1.22 bits per heavy atom. The largest absolute Gasteiger partial charge is 0.357 e. The number of rotatable bonds is 8. The highest BCUT2D eigenvalue weighted by Gasteiger charge is 2.13. The standard InChI is InChI=1S/C19H31N7.HI/c1-6-20-19(25(4)14-18-22-15-23-26(18)5)21-12-16(2)24(3)13-17-10-8-7-9-11-17;/h7-11,15-16H,6,12-14H2,1-5H3,(H,20,21);1H. The summed E-state index contributed by atoms with van der Waals surface area (Å²) in [5.41, 5.74) is 1.32. The molecule has 27 heavy (non-hydrogen) atoms. The molecule has 0 aliphatic heterocycles. The van der Waals surface area contributed by atoms with Crippen molar-refractivity contribution in [3.63, 3.8) is 0 Å². The number of hydrogen-bond acceptors (Lipinski definition) is 4. The van der Waals surface area contributed by atoms with Crippen LogP contribution in [0, 0.1) is 0 Å². The summed E-state index contributed by atoms with van der Waals surface area (Å²) >= 11 is 0. The maximum absolute atomic E-state index is 4.82. The van der Waals surface area contributed by atoms with Crippen LogP contribution in [0.25, 0.3) is 0 Å². The maximum Gasteiger partial charge on any atom is 0.194 e. The van der Waals surface area contributed by atoms with Crippen molar-refractivity contribution in [2.75, 3.05) is 27.2 Å². The summed E-state index contributed by atoms with van der Waals surface area (Å²) in [6, 6.07) is 10.9. The van der Waals surface area contributed by atoms with Gasteiger partial charge in [0.1, 0.15) is 12.2 Å². The monoisotopic (exact) mass is 485 g/mol. The van der Waals surface area contributed by atoms with Gasteiger partial charge >= 0.3 is 0 Å². The lowest BCUT2D eigenvalue weighted by molar-refractivity contribution is 0.254. The van der Waals surface area contributed by atoms with Crippen LogP contribution >= 0.6 is 24.0 Å². The van der Waals surface area contributed by atoms with Crippen LogP contribution < -0.4 is 5.32 Å². The zero-order valence-corrected chi connectivity index (χ0v) is 19.3. The van der Waals surface area contributed by atoms with Crippen molar-refractivity contribution in [3.8, 4) is 0 Å². The van der Waals surface area contributed by atoms with Gasteiger partial charge in [-0.25, -0.2) is 4.98 Å². The van der Waals surface area contributed by atoms with Gasteiger partial charge in [-0.2, -0.15) is 5.10 Å². The first-order valence-electron chi connectivity index (χ1n) is 9.07. The highest BCUT2D eigenvalue weighted by atomic mass is 127. The molecule has 0 spiro atoms. The zero-order valence-electron chi connectivity index (χ0n) is 17.0. The van der Waals surface area contributed by atoms with Crippen molar-refractivity contribution < 1.29 is 0 Å². The van der Waals surface area contributed by atoms with Gasteiger partial charge in [0.25, 0.3) is 0 Å². The lowest BCUT2D eigenvalue weighted by Gasteiger charge is -2.25. The van der Waals surface area contributed by atoms with E-state index >= 15 is 0 Å².